The molecule has 0 aliphatic heterocycles. The van der Waals surface area contributed by atoms with Gasteiger partial charge in [0.25, 0.3) is 0 Å². The number of ether oxygens (including phenoxy) is 1. The molecule has 0 amide bonds. The first kappa shape index (κ1) is 13.3. The second-order valence-corrected chi connectivity index (χ2v) is 4.14. The Labute approximate surface area is 109 Å². The van der Waals surface area contributed by atoms with Crippen molar-refractivity contribution in [2.75, 3.05) is 6.61 Å². The highest BCUT2D eigenvalue weighted by molar-refractivity contribution is 5.96. The van der Waals surface area contributed by atoms with E-state index in [1.54, 1.807) is 35.9 Å². The first-order valence-corrected chi connectivity index (χ1v) is 6.02. The highest BCUT2D eigenvalue weighted by Crippen LogP contribution is 2.19. The fourth-order valence-electron chi connectivity index (χ4n) is 1.94. The first-order valence-electron chi connectivity index (χ1n) is 6.02. The van der Waals surface area contributed by atoms with Crippen molar-refractivity contribution >= 4 is 22.7 Å². The number of ketones is 1. The summed E-state index contributed by atoms with van der Waals surface area (Å²) in [6, 6.07) is 6.30. The first-order chi connectivity index (χ1) is 9.11. The van der Waals surface area contributed by atoms with Crippen LogP contribution in [0, 0.1) is 5.82 Å². The van der Waals surface area contributed by atoms with Crippen LogP contribution in [-0.2, 0) is 20.9 Å². The van der Waals surface area contributed by atoms with Crippen LogP contribution in [0.25, 0.3) is 10.9 Å². The monoisotopic (exact) mass is 263 g/mol. The normalized spacial score (nSPS) is 10.6. The molecule has 0 radical (unpaired) electrons. The van der Waals surface area contributed by atoms with Gasteiger partial charge in [0.2, 0.25) is 0 Å². The average molecular weight is 263 g/mol. The van der Waals surface area contributed by atoms with E-state index in [0.717, 1.165) is 0 Å². The molecule has 2 aromatic rings. The summed E-state index contributed by atoms with van der Waals surface area (Å²) in [5, 5.41) is 0.464. The molecule has 0 N–H and O–H groups in total. The number of Topliss-reactive ketones (excluding diaryl/α,β-unsaturated/α-hetero) is 1. The number of hydrogen-bond acceptors (Lipinski definition) is 3. The standard InChI is InChI=1S/C14H14FNO3/c1-2-19-14(18)8-10(17)9-16-7-6-11-12(15)4-3-5-13(11)16/h3-7H,2,8-9H2,1H3. The van der Waals surface area contributed by atoms with Gasteiger partial charge in [-0.15, -0.1) is 0 Å². The van der Waals surface area contributed by atoms with Crippen LogP contribution in [-0.4, -0.2) is 22.9 Å². The zero-order valence-corrected chi connectivity index (χ0v) is 10.6. The van der Waals surface area contributed by atoms with Gasteiger partial charge in [-0.1, -0.05) is 6.07 Å². The van der Waals surface area contributed by atoms with Crippen molar-refractivity contribution in [2.45, 2.75) is 19.9 Å². The second-order valence-electron chi connectivity index (χ2n) is 4.14. The molecule has 2 rings (SSSR count). The fourth-order valence-corrected chi connectivity index (χ4v) is 1.94. The van der Waals surface area contributed by atoms with Crippen LogP contribution in [0.15, 0.2) is 30.5 Å². The number of hydrogen-bond donors (Lipinski definition) is 0. The van der Waals surface area contributed by atoms with Crippen LogP contribution in [0.2, 0.25) is 0 Å². The molecular formula is C14H14FNO3. The van der Waals surface area contributed by atoms with Crippen LogP contribution in [0.1, 0.15) is 13.3 Å². The van der Waals surface area contributed by atoms with Gasteiger partial charge in [-0.3, -0.25) is 9.59 Å². The van der Waals surface area contributed by atoms with Crippen LogP contribution in [0.4, 0.5) is 4.39 Å². The number of halogens is 1. The number of benzene rings is 1. The van der Waals surface area contributed by atoms with E-state index in [-0.39, 0.29) is 31.2 Å². The summed E-state index contributed by atoms with van der Waals surface area (Å²) in [4.78, 5) is 22.9. The lowest BCUT2D eigenvalue weighted by atomic mass is 10.2. The third-order valence-electron chi connectivity index (χ3n) is 2.75. The molecule has 0 spiro atoms. The quantitative estimate of drug-likeness (QED) is 0.614. The predicted molar refractivity (Wildman–Crippen MR) is 68.2 cm³/mol. The average Bonchev–Trinajstić information content (AvgIpc) is 2.74. The van der Waals surface area contributed by atoms with E-state index in [1.807, 2.05) is 0 Å². The smallest absolute Gasteiger partial charge is 0.313 e. The van der Waals surface area contributed by atoms with Crippen LogP contribution in [0.3, 0.4) is 0 Å². The number of carbonyl (C=O) groups is 2. The molecule has 0 unspecified atom stereocenters. The van der Waals surface area contributed by atoms with Crippen LogP contribution in [0.5, 0.6) is 0 Å². The predicted octanol–water partition coefficient (Wildman–Crippen LogP) is 2.30. The molecule has 1 heterocycles. The van der Waals surface area contributed by atoms with E-state index >= 15 is 0 Å². The number of carbonyl (C=O) groups excluding carboxylic acids is 2. The molecule has 0 saturated heterocycles. The van der Waals surface area contributed by atoms with E-state index in [9.17, 15) is 14.0 Å². The van der Waals surface area contributed by atoms with Gasteiger partial charge in [0.15, 0.2) is 5.78 Å². The lowest BCUT2D eigenvalue weighted by Gasteiger charge is -2.05. The minimum Gasteiger partial charge on any atom is -0.466 e. The zero-order valence-electron chi connectivity index (χ0n) is 10.6. The van der Waals surface area contributed by atoms with Crippen molar-refractivity contribution in [3.05, 3.63) is 36.3 Å². The number of fused-ring (bicyclic) bond motifs is 1. The highest BCUT2D eigenvalue weighted by atomic mass is 19.1. The Morgan fingerprint density at radius 1 is 1.32 bits per heavy atom. The zero-order chi connectivity index (χ0) is 13.8. The molecular weight excluding hydrogens is 249 g/mol. The SMILES string of the molecule is CCOC(=O)CC(=O)Cn1ccc2c(F)cccc21. The third-order valence-corrected chi connectivity index (χ3v) is 2.75. The summed E-state index contributed by atoms with van der Waals surface area (Å²) in [6.45, 7) is 1.97. The summed E-state index contributed by atoms with van der Waals surface area (Å²) in [5.41, 5.74) is 0.636. The minimum absolute atomic E-state index is 0.0335. The van der Waals surface area contributed by atoms with Gasteiger partial charge in [-0.25, -0.2) is 4.39 Å². The molecule has 1 aromatic carbocycles. The Kier molecular flexibility index (Phi) is 3.94. The Morgan fingerprint density at radius 2 is 2.11 bits per heavy atom. The molecule has 4 nitrogen and oxygen atoms in total. The third kappa shape index (κ3) is 2.99. The van der Waals surface area contributed by atoms with Crippen molar-refractivity contribution < 1.29 is 18.7 Å². The van der Waals surface area contributed by atoms with Gasteiger partial charge >= 0.3 is 5.97 Å². The number of esters is 1. The van der Waals surface area contributed by atoms with Crippen molar-refractivity contribution in [1.29, 1.82) is 0 Å². The maximum Gasteiger partial charge on any atom is 0.313 e. The number of nitrogens with zero attached hydrogens (tertiary/aromatic N) is 1. The number of aromatic nitrogens is 1. The van der Waals surface area contributed by atoms with E-state index in [0.29, 0.717) is 10.9 Å². The summed E-state index contributed by atoms with van der Waals surface area (Å²) < 4.78 is 19.8. The molecule has 5 heteroatoms. The lowest BCUT2D eigenvalue weighted by molar-refractivity contribution is -0.145. The van der Waals surface area contributed by atoms with Gasteiger partial charge in [0.05, 0.1) is 18.7 Å². The minimum atomic E-state index is -0.532. The maximum absolute atomic E-state index is 13.5. The van der Waals surface area contributed by atoms with E-state index in [1.165, 1.54) is 6.07 Å². The Balaban J connectivity index is 2.11. The topological polar surface area (TPSA) is 48.3 Å². The number of rotatable bonds is 5. The maximum atomic E-state index is 13.5. The largest absolute Gasteiger partial charge is 0.466 e. The van der Waals surface area contributed by atoms with E-state index < -0.39 is 5.97 Å². The van der Waals surface area contributed by atoms with E-state index in [2.05, 4.69) is 0 Å². The Bertz CT molecular complexity index is 618. The molecule has 1 aromatic heterocycles. The molecule has 0 saturated carbocycles. The van der Waals surface area contributed by atoms with Crippen LogP contribution < -0.4 is 0 Å². The van der Waals surface area contributed by atoms with Gasteiger partial charge in [-0.05, 0) is 25.1 Å². The summed E-state index contributed by atoms with van der Waals surface area (Å²) in [5.74, 6) is -1.12. The summed E-state index contributed by atoms with van der Waals surface area (Å²) in [6.07, 6.45) is 1.37. The second kappa shape index (κ2) is 5.65. The molecule has 0 aliphatic rings. The van der Waals surface area contributed by atoms with Gasteiger partial charge in [0, 0.05) is 11.6 Å². The van der Waals surface area contributed by atoms with E-state index in [4.69, 9.17) is 4.74 Å². The van der Waals surface area contributed by atoms with Crippen molar-refractivity contribution in [3.63, 3.8) is 0 Å². The Morgan fingerprint density at radius 3 is 2.84 bits per heavy atom. The van der Waals surface area contributed by atoms with Crippen molar-refractivity contribution in [2.24, 2.45) is 0 Å². The lowest BCUT2D eigenvalue weighted by Crippen LogP contribution is -2.15. The van der Waals surface area contributed by atoms with Crippen molar-refractivity contribution in [3.8, 4) is 0 Å². The van der Waals surface area contributed by atoms with Gasteiger partial charge < -0.3 is 9.30 Å². The summed E-state index contributed by atoms with van der Waals surface area (Å²) in [7, 11) is 0. The molecule has 0 bridgehead atoms. The van der Waals surface area contributed by atoms with Gasteiger partial charge in [-0.2, -0.15) is 0 Å². The molecule has 19 heavy (non-hydrogen) atoms. The summed E-state index contributed by atoms with van der Waals surface area (Å²) >= 11 is 0. The highest BCUT2D eigenvalue weighted by Gasteiger charge is 2.12. The van der Waals surface area contributed by atoms with Crippen LogP contribution >= 0.6 is 0 Å². The Hall–Kier alpha value is -2.17. The molecule has 0 atom stereocenters. The molecule has 0 aliphatic carbocycles. The molecule has 0 fully saturated rings. The van der Waals surface area contributed by atoms with Crippen molar-refractivity contribution in [1.82, 2.24) is 4.57 Å². The fraction of sp³-hybridized carbons (Fsp3) is 0.286. The van der Waals surface area contributed by atoms with Gasteiger partial charge in [0.1, 0.15) is 12.2 Å². The molecule has 100 valence electrons.